The quantitative estimate of drug-likeness (QED) is 0.323. The molecule has 1 aliphatic heterocycles. The van der Waals surface area contributed by atoms with Crippen LogP contribution in [0.3, 0.4) is 0 Å². The molecule has 2 heterocycles. The van der Waals surface area contributed by atoms with Gasteiger partial charge < -0.3 is 9.73 Å². The Bertz CT molecular complexity index is 1390. The highest BCUT2D eigenvalue weighted by atomic mass is 35.5. The van der Waals surface area contributed by atoms with Crippen molar-refractivity contribution < 1.29 is 9.21 Å². The molecule has 4 nitrogen and oxygen atoms in total. The molecule has 0 atom stereocenters. The Hall–Kier alpha value is -2.99. The first-order chi connectivity index (χ1) is 15.1. The van der Waals surface area contributed by atoms with Gasteiger partial charge in [0.1, 0.15) is 11.5 Å². The minimum atomic E-state index is -0.212. The number of amidine groups is 1. The largest absolute Gasteiger partial charge is 0.457 e. The first-order valence-corrected chi connectivity index (χ1v) is 11.0. The fraction of sp³-hybridized carbons (Fsp3) is 0. The van der Waals surface area contributed by atoms with Crippen LogP contribution in [0.25, 0.3) is 28.2 Å². The number of fused-ring (bicyclic) bond motifs is 1. The molecule has 1 aliphatic rings. The lowest BCUT2D eigenvalue weighted by atomic mass is 10.1. The number of nitrogens with zero attached hydrogens (tertiary/aromatic N) is 1. The van der Waals surface area contributed by atoms with Gasteiger partial charge >= 0.3 is 0 Å². The van der Waals surface area contributed by atoms with E-state index in [1.165, 1.54) is 11.8 Å². The Morgan fingerprint density at radius 3 is 2.65 bits per heavy atom. The van der Waals surface area contributed by atoms with Crippen molar-refractivity contribution in [1.29, 1.82) is 0 Å². The molecule has 0 unspecified atom stereocenters. The summed E-state index contributed by atoms with van der Waals surface area (Å²) in [6.45, 7) is 0. The maximum atomic E-state index is 12.4. The molecular formula is C24H14Cl2N2O2S. The van der Waals surface area contributed by atoms with Crippen LogP contribution < -0.4 is 5.32 Å². The highest BCUT2D eigenvalue weighted by Gasteiger charge is 2.24. The average Bonchev–Trinajstić information content (AvgIpc) is 3.37. The molecule has 152 valence electrons. The number of aliphatic imine (C=N–C) groups is 1. The molecule has 4 aromatic rings. The lowest BCUT2D eigenvalue weighted by Gasteiger charge is -2.02. The number of hydrogen-bond donors (Lipinski definition) is 1. The Labute approximate surface area is 192 Å². The summed E-state index contributed by atoms with van der Waals surface area (Å²) in [5.41, 5.74) is 1.61. The van der Waals surface area contributed by atoms with Gasteiger partial charge in [0.2, 0.25) is 0 Å². The number of hydrogen-bond acceptors (Lipinski definition) is 4. The third-order valence-corrected chi connectivity index (χ3v) is 6.39. The molecule has 1 N–H and O–H groups in total. The molecule has 0 spiro atoms. The predicted molar refractivity (Wildman–Crippen MR) is 129 cm³/mol. The lowest BCUT2D eigenvalue weighted by molar-refractivity contribution is -0.115. The van der Waals surface area contributed by atoms with Crippen LogP contribution in [0.1, 0.15) is 5.76 Å². The van der Waals surface area contributed by atoms with Gasteiger partial charge in [0, 0.05) is 17.0 Å². The monoisotopic (exact) mass is 464 g/mol. The summed E-state index contributed by atoms with van der Waals surface area (Å²) >= 11 is 13.3. The number of amides is 1. The summed E-state index contributed by atoms with van der Waals surface area (Å²) < 4.78 is 5.87. The Morgan fingerprint density at radius 2 is 1.77 bits per heavy atom. The van der Waals surface area contributed by atoms with Gasteiger partial charge in [-0.3, -0.25) is 4.79 Å². The van der Waals surface area contributed by atoms with Crippen molar-refractivity contribution >= 4 is 68.6 Å². The Balaban J connectivity index is 1.41. The number of rotatable bonds is 3. The summed E-state index contributed by atoms with van der Waals surface area (Å²) in [6.07, 6.45) is 1.70. The zero-order chi connectivity index (χ0) is 21.4. The SMILES string of the molecule is O=C1NC(=Nc2cccc3ccccc23)S/C1=C/c1ccc(-c2ccc(Cl)c(Cl)c2)o1. The molecule has 0 radical (unpaired) electrons. The van der Waals surface area contributed by atoms with E-state index < -0.39 is 0 Å². The van der Waals surface area contributed by atoms with E-state index in [0.29, 0.717) is 31.6 Å². The average molecular weight is 465 g/mol. The molecule has 31 heavy (non-hydrogen) atoms. The van der Waals surface area contributed by atoms with Gasteiger partial charge in [-0.25, -0.2) is 4.99 Å². The van der Waals surface area contributed by atoms with Crippen LogP contribution >= 0.6 is 35.0 Å². The summed E-state index contributed by atoms with van der Waals surface area (Å²) in [6, 6.07) is 22.8. The molecule has 3 aromatic carbocycles. The van der Waals surface area contributed by atoms with Crippen molar-refractivity contribution in [3.05, 3.63) is 93.5 Å². The molecule has 1 aromatic heterocycles. The maximum Gasteiger partial charge on any atom is 0.264 e. The summed E-state index contributed by atoms with van der Waals surface area (Å²) in [7, 11) is 0. The molecule has 0 saturated carbocycles. The molecular weight excluding hydrogens is 451 g/mol. The van der Waals surface area contributed by atoms with E-state index in [0.717, 1.165) is 22.0 Å². The van der Waals surface area contributed by atoms with Crippen molar-refractivity contribution in [3.8, 4) is 11.3 Å². The number of furan rings is 1. The highest BCUT2D eigenvalue weighted by Crippen LogP contribution is 2.33. The van der Waals surface area contributed by atoms with Crippen LogP contribution in [-0.4, -0.2) is 11.1 Å². The van der Waals surface area contributed by atoms with Crippen molar-refractivity contribution in [2.45, 2.75) is 0 Å². The highest BCUT2D eigenvalue weighted by molar-refractivity contribution is 8.18. The number of benzene rings is 3. The minimum Gasteiger partial charge on any atom is -0.457 e. The van der Waals surface area contributed by atoms with Crippen LogP contribution in [-0.2, 0) is 4.79 Å². The minimum absolute atomic E-state index is 0.212. The van der Waals surface area contributed by atoms with Gasteiger partial charge in [0.05, 0.1) is 20.6 Å². The third kappa shape index (κ3) is 4.12. The summed E-state index contributed by atoms with van der Waals surface area (Å²) in [4.78, 5) is 17.6. The number of nitrogens with one attached hydrogen (secondary N) is 1. The van der Waals surface area contributed by atoms with E-state index in [2.05, 4.69) is 10.3 Å². The number of thioether (sulfide) groups is 1. The normalized spacial score (nSPS) is 16.4. The molecule has 0 aliphatic carbocycles. The molecule has 1 saturated heterocycles. The van der Waals surface area contributed by atoms with Crippen molar-refractivity contribution in [3.63, 3.8) is 0 Å². The van der Waals surface area contributed by atoms with E-state index in [9.17, 15) is 4.79 Å². The fourth-order valence-corrected chi connectivity index (χ4v) is 4.37. The van der Waals surface area contributed by atoms with Crippen molar-refractivity contribution in [2.24, 2.45) is 4.99 Å². The van der Waals surface area contributed by atoms with E-state index >= 15 is 0 Å². The molecule has 7 heteroatoms. The second-order valence-electron chi connectivity index (χ2n) is 6.81. The topological polar surface area (TPSA) is 54.6 Å². The fourth-order valence-electron chi connectivity index (χ4n) is 3.26. The van der Waals surface area contributed by atoms with Crippen LogP contribution in [0, 0.1) is 0 Å². The van der Waals surface area contributed by atoms with Gasteiger partial charge in [0.15, 0.2) is 5.17 Å². The van der Waals surface area contributed by atoms with Crippen molar-refractivity contribution in [2.75, 3.05) is 0 Å². The Morgan fingerprint density at radius 1 is 0.935 bits per heavy atom. The van der Waals surface area contributed by atoms with E-state index in [1.807, 2.05) is 54.6 Å². The molecule has 1 fully saturated rings. The smallest absolute Gasteiger partial charge is 0.264 e. The van der Waals surface area contributed by atoms with Crippen LogP contribution in [0.15, 0.2) is 87.1 Å². The van der Waals surface area contributed by atoms with Crippen LogP contribution in [0.4, 0.5) is 5.69 Å². The molecule has 5 rings (SSSR count). The van der Waals surface area contributed by atoms with Gasteiger partial charge in [-0.2, -0.15) is 0 Å². The number of carbonyl (C=O) groups excluding carboxylic acids is 1. The second kappa shape index (κ2) is 8.27. The van der Waals surface area contributed by atoms with Gasteiger partial charge in [0.25, 0.3) is 5.91 Å². The van der Waals surface area contributed by atoms with Crippen LogP contribution in [0.5, 0.6) is 0 Å². The second-order valence-corrected chi connectivity index (χ2v) is 8.66. The first-order valence-electron chi connectivity index (χ1n) is 9.39. The van der Waals surface area contributed by atoms with Gasteiger partial charge in [-0.15, -0.1) is 0 Å². The molecule has 1 amide bonds. The van der Waals surface area contributed by atoms with E-state index in [4.69, 9.17) is 27.6 Å². The predicted octanol–water partition coefficient (Wildman–Crippen LogP) is 7.30. The molecule has 0 bridgehead atoms. The van der Waals surface area contributed by atoms with E-state index in [1.54, 1.807) is 24.3 Å². The summed E-state index contributed by atoms with van der Waals surface area (Å²) in [5, 5.41) is 6.42. The standard InChI is InChI=1S/C24H14Cl2N2O2S/c25-18-10-8-15(12-19(18)26)21-11-9-16(30-21)13-22-23(29)28-24(31-22)27-20-7-3-5-14-4-1-2-6-17(14)20/h1-13H,(H,27,28,29)/b22-13+. The number of carbonyl (C=O) groups is 1. The number of halogens is 2. The maximum absolute atomic E-state index is 12.4. The lowest BCUT2D eigenvalue weighted by Crippen LogP contribution is -2.19. The van der Waals surface area contributed by atoms with Crippen molar-refractivity contribution in [1.82, 2.24) is 5.32 Å². The Kier molecular flexibility index (Phi) is 5.32. The zero-order valence-corrected chi connectivity index (χ0v) is 18.3. The van der Waals surface area contributed by atoms with Gasteiger partial charge in [-0.1, -0.05) is 59.6 Å². The summed E-state index contributed by atoms with van der Waals surface area (Å²) in [5.74, 6) is 0.986. The zero-order valence-electron chi connectivity index (χ0n) is 15.9. The van der Waals surface area contributed by atoms with Crippen LogP contribution in [0.2, 0.25) is 10.0 Å². The van der Waals surface area contributed by atoms with E-state index in [-0.39, 0.29) is 5.91 Å². The first kappa shape index (κ1) is 19.9. The third-order valence-electron chi connectivity index (χ3n) is 4.74. The van der Waals surface area contributed by atoms with Gasteiger partial charge in [-0.05, 0) is 53.5 Å².